The van der Waals surface area contributed by atoms with Crippen LogP contribution in [0, 0.1) is 4.77 Å². The number of fused-ring (bicyclic) bond motifs is 2. The Morgan fingerprint density at radius 2 is 1.78 bits per heavy atom. The van der Waals surface area contributed by atoms with E-state index < -0.39 is 0 Å². The van der Waals surface area contributed by atoms with Gasteiger partial charge in [-0.05, 0) is 59.7 Å². The van der Waals surface area contributed by atoms with Crippen molar-refractivity contribution in [3.63, 3.8) is 0 Å². The minimum Gasteiger partial charge on any atom is -0.346 e. The number of carbonyl (C=O) groups excluding carboxylic acids is 1. The second kappa shape index (κ2) is 6.81. The molecule has 5 nitrogen and oxygen atoms in total. The highest BCUT2D eigenvalue weighted by atomic mass is 32.1. The van der Waals surface area contributed by atoms with E-state index in [9.17, 15) is 9.59 Å². The number of aromatic amines is 2. The second-order valence-corrected chi connectivity index (χ2v) is 6.88. The summed E-state index contributed by atoms with van der Waals surface area (Å²) in [5.41, 5.74) is 1.75. The van der Waals surface area contributed by atoms with Crippen LogP contribution in [0.25, 0.3) is 21.7 Å². The molecule has 4 rings (SSSR count). The van der Waals surface area contributed by atoms with Gasteiger partial charge < -0.3 is 10.3 Å². The van der Waals surface area contributed by atoms with Crippen molar-refractivity contribution in [1.82, 2.24) is 15.3 Å². The number of carbonyl (C=O) groups is 1. The van der Waals surface area contributed by atoms with Gasteiger partial charge in [0.25, 0.3) is 11.5 Å². The smallest absolute Gasteiger partial charge is 0.259 e. The zero-order valence-electron chi connectivity index (χ0n) is 14.6. The van der Waals surface area contributed by atoms with Gasteiger partial charge >= 0.3 is 0 Å². The van der Waals surface area contributed by atoms with Crippen LogP contribution in [0.3, 0.4) is 0 Å². The molecule has 0 aliphatic carbocycles. The first-order chi connectivity index (χ1) is 13.0. The Morgan fingerprint density at radius 3 is 2.59 bits per heavy atom. The molecule has 0 aliphatic rings. The van der Waals surface area contributed by atoms with Gasteiger partial charge in [-0.2, -0.15) is 0 Å². The van der Waals surface area contributed by atoms with E-state index in [1.54, 1.807) is 18.2 Å². The van der Waals surface area contributed by atoms with Gasteiger partial charge in [-0.15, -0.1) is 0 Å². The molecule has 6 heteroatoms. The van der Waals surface area contributed by atoms with Gasteiger partial charge in [0.05, 0.1) is 16.9 Å². The Hall–Kier alpha value is -3.25. The minimum atomic E-state index is -0.273. The lowest BCUT2D eigenvalue weighted by Gasteiger charge is -2.15. The van der Waals surface area contributed by atoms with Crippen LogP contribution >= 0.6 is 12.2 Å². The fourth-order valence-corrected chi connectivity index (χ4v) is 3.35. The summed E-state index contributed by atoms with van der Waals surface area (Å²) in [5.74, 6) is -0.211. The molecular weight excluding hydrogens is 358 g/mol. The third-order valence-electron chi connectivity index (χ3n) is 4.62. The first-order valence-corrected chi connectivity index (χ1v) is 8.98. The van der Waals surface area contributed by atoms with E-state index in [-0.39, 0.29) is 22.3 Å². The summed E-state index contributed by atoms with van der Waals surface area (Å²) in [6, 6.07) is 19.0. The molecule has 0 radical (unpaired) electrons. The number of aromatic nitrogens is 2. The molecule has 1 heterocycles. The van der Waals surface area contributed by atoms with Crippen molar-refractivity contribution in [2.24, 2.45) is 0 Å². The summed E-state index contributed by atoms with van der Waals surface area (Å²) in [7, 11) is 0. The molecule has 1 amide bonds. The topological polar surface area (TPSA) is 77.8 Å². The maximum atomic E-state index is 12.7. The third kappa shape index (κ3) is 3.39. The number of benzene rings is 3. The number of nitrogens with one attached hydrogen (secondary N) is 3. The van der Waals surface area contributed by atoms with Crippen molar-refractivity contribution in [2.75, 3.05) is 0 Å². The van der Waals surface area contributed by atoms with Crippen molar-refractivity contribution in [1.29, 1.82) is 0 Å². The summed E-state index contributed by atoms with van der Waals surface area (Å²) in [4.78, 5) is 30.0. The molecule has 4 aromatic rings. The number of rotatable bonds is 3. The predicted octanol–water partition coefficient (Wildman–Crippen LogP) is 4.23. The summed E-state index contributed by atoms with van der Waals surface area (Å²) in [6.07, 6.45) is 0. The van der Waals surface area contributed by atoms with Gasteiger partial charge in [0.2, 0.25) is 0 Å². The maximum Gasteiger partial charge on any atom is 0.259 e. The Labute approximate surface area is 160 Å². The van der Waals surface area contributed by atoms with E-state index in [0.717, 1.165) is 16.3 Å². The molecule has 134 valence electrons. The second-order valence-electron chi connectivity index (χ2n) is 6.47. The molecule has 1 atom stereocenters. The van der Waals surface area contributed by atoms with Gasteiger partial charge in [-0.1, -0.05) is 36.4 Å². The lowest BCUT2D eigenvalue weighted by Crippen LogP contribution is -2.26. The Kier molecular flexibility index (Phi) is 4.33. The summed E-state index contributed by atoms with van der Waals surface area (Å²) in [6.45, 7) is 1.95. The highest BCUT2D eigenvalue weighted by Crippen LogP contribution is 2.21. The normalized spacial score (nSPS) is 12.2. The van der Waals surface area contributed by atoms with Gasteiger partial charge in [0, 0.05) is 5.56 Å². The van der Waals surface area contributed by atoms with Crippen LogP contribution in [0.15, 0.2) is 65.5 Å². The molecule has 3 N–H and O–H groups in total. The molecule has 27 heavy (non-hydrogen) atoms. The summed E-state index contributed by atoms with van der Waals surface area (Å²) in [5, 5.41) is 5.76. The third-order valence-corrected chi connectivity index (χ3v) is 4.83. The maximum absolute atomic E-state index is 12.7. The van der Waals surface area contributed by atoms with Gasteiger partial charge in [0.1, 0.15) is 0 Å². The van der Waals surface area contributed by atoms with Crippen LogP contribution in [0.4, 0.5) is 0 Å². The zero-order valence-corrected chi connectivity index (χ0v) is 15.4. The van der Waals surface area contributed by atoms with E-state index >= 15 is 0 Å². The molecule has 0 fully saturated rings. The van der Waals surface area contributed by atoms with Gasteiger partial charge in [0.15, 0.2) is 4.77 Å². The Balaban J connectivity index is 1.61. The largest absolute Gasteiger partial charge is 0.346 e. The van der Waals surface area contributed by atoms with Crippen molar-refractivity contribution in [3.8, 4) is 0 Å². The van der Waals surface area contributed by atoms with Crippen LogP contribution in [-0.2, 0) is 0 Å². The van der Waals surface area contributed by atoms with Gasteiger partial charge in [-0.25, -0.2) is 0 Å². The average Bonchev–Trinajstić information content (AvgIpc) is 2.66. The molecule has 1 aromatic heterocycles. The quantitative estimate of drug-likeness (QED) is 0.469. The van der Waals surface area contributed by atoms with E-state index in [4.69, 9.17) is 12.2 Å². The average molecular weight is 375 g/mol. The van der Waals surface area contributed by atoms with Crippen molar-refractivity contribution < 1.29 is 4.79 Å². The standard InChI is InChI=1S/C21H17N3O2S/c1-12(14-7-6-13-4-2-3-5-15(13)10-14)22-19(25)16-8-9-17-18(11-16)23-21(27)24-20(17)26/h2-12H,1H3,(H,22,25)(H2,23,24,26,27)/t12-/m0/s1. The lowest BCUT2D eigenvalue weighted by molar-refractivity contribution is 0.0940. The molecule has 0 saturated carbocycles. The molecule has 0 aliphatic heterocycles. The van der Waals surface area contributed by atoms with Crippen LogP contribution < -0.4 is 10.9 Å². The number of amides is 1. The lowest BCUT2D eigenvalue weighted by atomic mass is 10.0. The molecule has 0 saturated heterocycles. The molecule has 0 spiro atoms. The van der Waals surface area contributed by atoms with Crippen molar-refractivity contribution in [3.05, 3.63) is 86.9 Å². The molecule has 0 unspecified atom stereocenters. The van der Waals surface area contributed by atoms with Crippen LogP contribution in [0.5, 0.6) is 0 Å². The minimum absolute atomic E-state index is 0.157. The number of hydrogen-bond acceptors (Lipinski definition) is 3. The first kappa shape index (κ1) is 17.2. The SMILES string of the molecule is C[C@H](NC(=O)c1ccc2c(=O)[nH]c(=S)[nH]c2c1)c1ccc2ccccc2c1. The zero-order chi connectivity index (χ0) is 19.0. The number of hydrogen-bond donors (Lipinski definition) is 3. The fourth-order valence-electron chi connectivity index (χ4n) is 3.15. The van der Waals surface area contributed by atoms with E-state index in [2.05, 4.69) is 39.6 Å². The Bertz CT molecular complexity index is 1290. The summed E-state index contributed by atoms with van der Waals surface area (Å²) < 4.78 is 0.231. The fraction of sp³-hybridized carbons (Fsp3) is 0.0952. The molecule has 3 aromatic carbocycles. The van der Waals surface area contributed by atoms with E-state index in [1.807, 2.05) is 25.1 Å². The van der Waals surface area contributed by atoms with E-state index in [0.29, 0.717) is 16.5 Å². The monoisotopic (exact) mass is 375 g/mol. The van der Waals surface area contributed by atoms with Crippen LogP contribution in [0.1, 0.15) is 28.9 Å². The first-order valence-electron chi connectivity index (χ1n) is 8.57. The van der Waals surface area contributed by atoms with E-state index in [1.165, 1.54) is 0 Å². The highest BCUT2D eigenvalue weighted by molar-refractivity contribution is 7.71. The van der Waals surface area contributed by atoms with Crippen LogP contribution in [-0.4, -0.2) is 15.9 Å². The van der Waals surface area contributed by atoms with Crippen LogP contribution in [0.2, 0.25) is 0 Å². The van der Waals surface area contributed by atoms with Crippen molar-refractivity contribution in [2.45, 2.75) is 13.0 Å². The molecule has 0 bridgehead atoms. The van der Waals surface area contributed by atoms with Gasteiger partial charge in [-0.3, -0.25) is 14.6 Å². The Morgan fingerprint density at radius 1 is 1.00 bits per heavy atom. The molecular formula is C21H17N3O2S. The predicted molar refractivity (Wildman–Crippen MR) is 110 cm³/mol. The summed E-state index contributed by atoms with van der Waals surface area (Å²) >= 11 is 5.00. The van der Waals surface area contributed by atoms with Crippen molar-refractivity contribution >= 4 is 39.8 Å². The number of H-pyrrole nitrogens is 2. The highest BCUT2D eigenvalue weighted by Gasteiger charge is 2.13.